The largest absolute Gasteiger partial charge is 0.389 e. The Hall–Kier alpha value is -0.930. The zero-order valence-electron chi connectivity index (χ0n) is 15.1. The summed E-state index contributed by atoms with van der Waals surface area (Å²) in [5.74, 6) is 0.772. The van der Waals surface area contributed by atoms with Crippen LogP contribution in [-0.2, 0) is 9.53 Å². The Balaban J connectivity index is 2.00. The van der Waals surface area contributed by atoms with Crippen LogP contribution in [0.3, 0.4) is 0 Å². The summed E-state index contributed by atoms with van der Waals surface area (Å²) in [5.41, 5.74) is 1.58. The molecule has 0 aromatic heterocycles. The summed E-state index contributed by atoms with van der Waals surface area (Å²) in [4.78, 5) is 13.0. The molecule has 23 heavy (non-hydrogen) atoms. The fourth-order valence-corrected chi connectivity index (χ4v) is 4.43. The lowest BCUT2D eigenvalue weighted by atomic mass is 9.58. The van der Waals surface area contributed by atoms with Gasteiger partial charge in [-0.1, -0.05) is 32.9 Å². The van der Waals surface area contributed by atoms with E-state index >= 15 is 0 Å². The Morgan fingerprint density at radius 3 is 2.65 bits per heavy atom. The number of hydrogen-bond donors (Lipinski definition) is 1. The SMILES string of the molecule is CC1=CCCC2(C)OC2C(=O)C2=CCC(C)C(C)(CC1O)C2C. The lowest BCUT2D eigenvalue weighted by molar-refractivity contribution is -0.118. The van der Waals surface area contributed by atoms with Crippen molar-refractivity contribution in [1.82, 2.24) is 0 Å². The van der Waals surface area contributed by atoms with Gasteiger partial charge in [0.25, 0.3) is 0 Å². The number of epoxide rings is 1. The molecule has 1 heterocycles. The number of carbonyl (C=O) groups excluding carboxylic acids is 1. The number of carbonyl (C=O) groups is 1. The maximum Gasteiger partial charge on any atom is 0.190 e. The molecular weight excluding hydrogens is 288 g/mol. The van der Waals surface area contributed by atoms with Gasteiger partial charge in [-0.05, 0) is 67.9 Å². The third-order valence-corrected chi connectivity index (χ3v) is 6.95. The van der Waals surface area contributed by atoms with Crippen LogP contribution in [-0.4, -0.2) is 28.7 Å². The molecule has 0 aromatic rings. The van der Waals surface area contributed by atoms with E-state index in [1.54, 1.807) is 0 Å². The molecule has 3 rings (SSSR count). The molecule has 0 saturated carbocycles. The second-order valence-electron chi connectivity index (χ2n) is 8.41. The molecule has 0 amide bonds. The fourth-order valence-electron chi connectivity index (χ4n) is 4.43. The number of Topliss-reactive ketones (excluding diaryl/α,β-unsaturated/α-hetero) is 1. The lowest BCUT2D eigenvalue weighted by Crippen LogP contribution is -2.42. The van der Waals surface area contributed by atoms with Gasteiger partial charge in [0.05, 0.1) is 6.10 Å². The Labute approximate surface area is 139 Å². The molecule has 1 N–H and O–H groups in total. The number of ketones is 1. The van der Waals surface area contributed by atoms with Crippen molar-refractivity contribution in [1.29, 1.82) is 0 Å². The smallest absolute Gasteiger partial charge is 0.190 e. The van der Waals surface area contributed by atoms with E-state index in [2.05, 4.69) is 32.9 Å². The number of aliphatic hydroxyl groups excluding tert-OH is 1. The first-order chi connectivity index (χ1) is 10.7. The third-order valence-electron chi connectivity index (χ3n) is 6.95. The molecular formula is C20H30O3. The Morgan fingerprint density at radius 1 is 1.26 bits per heavy atom. The van der Waals surface area contributed by atoms with Crippen LogP contribution in [0.25, 0.3) is 0 Å². The standard InChI is InChI=1S/C20H30O3/c1-12-7-6-10-20(5)18(23-20)17(22)15-9-8-13(2)19(4,14(15)3)11-16(12)21/h7,9,13-14,16,18,21H,6,8,10-11H2,1-5H3. The molecule has 6 atom stereocenters. The molecule has 1 saturated heterocycles. The van der Waals surface area contributed by atoms with Crippen molar-refractivity contribution in [2.75, 3.05) is 0 Å². The fraction of sp³-hybridized carbons (Fsp3) is 0.750. The molecule has 3 heteroatoms. The lowest BCUT2D eigenvalue weighted by Gasteiger charge is -2.46. The molecule has 128 valence electrons. The van der Waals surface area contributed by atoms with Crippen LogP contribution in [0.4, 0.5) is 0 Å². The van der Waals surface area contributed by atoms with Crippen molar-refractivity contribution < 1.29 is 14.6 Å². The highest BCUT2D eigenvalue weighted by atomic mass is 16.6. The van der Waals surface area contributed by atoms with Crippen molar-refractivity contribution >= 4 is 5.78 Å². The van der Waals surface area contributed by atoms with Crippen LogP contribution in [0.2, 0.25) is 0 Å². The van der Waals surface area contributed by atoms with Gasteiger partial charge in [-0.15, -0.1) is 0 Å². The molecule has 6 unspecified atom stereocenters. The number of hydrogen-bond acceptors (Lipinski definition) is 3. The van der Waals surface area contributed by atoms with Gasteiger partial charge < -0.3 is 9.84 Å². The number of aliphatic hydroxyl groups is 1. The predicted octanol–water partition coefficient (Wildman–Crippen LogP) is 3.81. The van der Waals surface area contributed by atoms with Gasteiger partial charge in [-0.3, -0.25) is 4.79 Å². The van der Waals surface area contributed by atoms with Crippen LogP contribution in [0.5, 0.6) is 0 Å². The number of fused-ring (bicyclic) bond motifs is 3. The zero-order chi connectivity index (χ0) is 17.0. The summed E-state index contributed by atoms with van der Waals surface area (Å²) in [6.45, 7) is 10.7. The van der Waals surface area contributed by atoms with E-state index in [4.69, 9.17) is 4.74 Å². The van der Waals surface area contributed by atoms with Gasteiger partial charge in [0, 0.05) is 0 Å². The first-order valence-corrected chi connectivity index (χ1v) is 8.96. The third kappa shape index (κ3) is 2.72. The van der Waals surface area contributed by atoms with Crippen LogP contribution in [0.1, 0.15) is 60.3 Å². The number of rotatable bonds is 0. The van der Waals surface area contributed by atoms with E-state index < -0.39 is 6.10 Å². The summed E-state index contributed by atoms with van der Waals surface area (Å²) in [6.07, 6.45) is 6.86. The molecule has 2 aliphatic carbocycles. The summed E-state index contributed by atoms with van der Waals surface area (Å²) in [7, 11) is 0. The molecule has 0 radical (unpaired) electrons. The van der Waals surface area contributed by atoms with Crippen LogP contribution in [0, 0.1) is 17.3 Å². The van der Waals surface area contributed by atoms with Gasteiger partial charge in [0.2, 0.25) is 0 Å². The first-order valence-electron chi connectivity index (χ1n) is 8.96. The zero-order valence-corrected chi connectivity index (χ0v) is 15.1. The Kier molecular flexibility index (Phi) is 4.09. The molecule has 3 nitrogen and oxygen atoms in total. The Bertz CT molecular complexity index is 575. The molecule has 0 spiro atoms. The molecule has 1 fully saturated rings. The van der Waals surface area contributed by atoms with Crippen molar-refractivity contribution in [2.45, 2.75) is 78.1 Å². The average Bonchev–Trinajstić information content (AvgIpc) is 3.16. The van der Waals surface area contributed by atoms with Crippen molar-refractivity contribution in [3.8, 4) is 0 Å². The minimum absolute atomic E-state index is 0.0707. The van der Waals surface area contributed by atoms with Crippen molar-refractivity contribution in [2.24, 2.45) is 17.3 Å². The van der Waals surface area contributed by atoms with E-state index in [0.29, 0.717) is 12.3 Å². The average molecular weight is 318 g/mol. The Morgan fingerprint density at radius 2 is 1.96 bits per heavy atom. The van der Waals surface area contributed by atoms with E-state index in [9.17, 15) is 9.90 Å². The van der Waals surface area contributed by atoms with E-state index in [-0.39, 0.29) is 28.8 Å². The molecule has 0 aromatic carbocycles. The maximum absolute atomic E-state index is 13.0. The quantitative estimate of drug-likeness (QED) is 0.546. The molecule has 1 aliphatic heterocycles. The van der Waals surface area contributed by atoms with E-state index in [1.165, 1.54) is 0 Å². The second kappa shape index (κ2) is 5.56. The molecule has 3 aliphatic rings. The highest BCUT2D eigenvalue weighted by molar-refractivity contribution is 6.02. The van der Waals surface area contributed by atoms with Gasteiger partial charge >= 0.3 is 0 Å². The van der Waals surface area contributed by atoms with Crippen molar-refractivity contribution in [3.63, 3.8) is 0 Å². The van der Waals surface area contributed by atoms with Gasteiger partial charge in [0.15, 0.2) is 5.78 Å². The van der Waals surface area contributed by atoms with Gasteiger partial charge in [-0.2, -0.15) is 0 Å². The van der Waals surface area contributed by atoms with E-state index in [1.807, 2.05) is 13.8 Å². The number of ether oxygens (including phenoxy) is 1. The highest BCUT2D eigenvalue weighted by Gasteiger charge is 2.58. The normalized spacial score (nSPS) is 47.7. The van der Waals surface area contributed by atoms with Crippen molar-refractivity contribution in [3.05, 3.63) is 23.3 Å². The summed E-state index contributed by atoms with van der Waals surface area (Å²) in [6, 6.07) is 0. The minimum Gasteiger partial charge on any atom is -0.389 e. The summed E-state index contributed by atoms with van der Waals surface area (Å²) >= 11 is 0. The predicted molar refractivity (Wildman–Crippen MR) is 91.0 cm³/mol. The second-order valence-corrected chi connectivity index (χ2v) is 8.41. The van der Waals surface area contributed by atoms with Gasteiger partial charge in [-0.25, -0.2) is 0 Å². The van der Waals surface area contributed by atoms with Crippen LogP contribution >= 0.6 is 0 Å². The number of allylic oxidation sites excluding steroid dienone is 2. The first kappa shape index (κ1) is 16.9. The molecule has 2 bridgehead atoms. The van der Waals surface area contributed by atoms with E-state index in [0.717, 1.165) is 30.4 Å². The van der Waals surface area contributed by atoms with Crippen LogP contribution in [0.15, 0.2) is 23.3 Å². The maximum atomic E-state index is 13.0. The summed E-state index contributed by atoms with van der Waals surface area (Å²) in [5, 5.41) is 10.7. The van der Waals surface area contributed by atoms with Gasteiger partial charge in [0.1, 0.15) is 11.7 Å². The monoisotopic (exact) mass is 318 g/mol. The topological polar surface area (TPSA) is 49.8 Å². The minimum atomic E-state index is -0.428. The van der Waals surface area contributed by atoms with Crippen LogP contribution < -0.4 is 0 Å². The summed E-state index contributed by atoms with van der Waals surface area (Å²) < 4.78 is 5.81. The highest BCUT2D eigenvalue weighted by Crippen LogP contribution is 2.52.